The lowest BCUT2D eigenvalue weighted by Crippen LogP contribution is -2.33. The van der Waals surface area contributed by atoms with Crippen LogP contribution in [0.3, 0.4) is 0 Å². The summed E-state index contributed by atoms with van der Waals surface area (Å²) in [4.78, 5) is 2.07. The van der Waals surface area contributed by atoms with Crippen molar-refractivity contribution in [2.24, 2.45) is 5.10 Å². The highest BCUT2D eigenvalue weighted by Gasteiger charge is 2.42. The van der Waals surface area contributed by atoms with Gasteiger partial charge in [0.25, 0.3) is 0 Å². The monoisotopic (exact) mass is 437 g/mol. The van der Waals surface area contributed by atoms with Crippen LogP contribution in [-0.4, -0.2) is 24.8 Å². The van der Waals surface area contributed by atoms with Gasteiger partial charge in [-0.1, -0.05) is 65.7 Å². The Labute approximate surface area is 186 Å². The number of hydrazone groups is 1. The maximum atomic E-state index is 6.54. The first-order valence-electron chi connectivity index (χ1n) is 9.85. The van der Waals surface area contributed by atoms with E-state index in [2.05, 4.69) is 41.3 Å². The number of hydrogen-bond acceptors (Lipinski definition) is 4. The van der Waals surface area contributed by atoms with Crippen molar-refractivity contribution in [3.63, 3.8) is 0 Å². The molecule has 2 heterocycles. The third kappa shape index (κ3) is 3.30. The number of hydrogen-bond donors (Lipinski definition) is 0. The Balaban J connectivity index is 1.60. The zero-order valence-electron chi connectivity index (χ0n) is 16.7. The Kier molecular flexibility index (Phi) is 4.84. The number of fused-ring (bicyclic) bond motifs is 3. The zero-order valence-corrected chi connectivity index (χ0v) is 18.2. The van der Waals surface area contributed by atoms with Crippen molar-refractivity contribution in [2.75, 3.05) is 19.0 Å². The Bertz CT molecular complexity index is 1110. The largest absolute Gasteiger partial charge is 0.463 e. The first-order valence-corrected chi connectivity index (χ1v) is 10.6. The second-order valence-electron chi connectivity index (χ2n) is 7.77. The average Bonchev–Trinajstić information content (AvgIpc) is 3.20. The molecule has 0 saturated carbocycles. The van der Waals surface area contributed by atoms with E-state index in [4.69, 9.17) is 33.0 Å². The molecule has 0 aromatic heterocycles. The molecule has 0 spiro atoms. The molecular formula is C24H21Cl2N3O. The van der Waals surface area contributed by atoms with Crippen LogP contribution in [0.15, 0.2) is 71.8 Å². The quantitative estimate of drug-likeness (QED) is 0.480. The molecule has 4 nitrogen and oxygen atoms in total. The second kappa shape index (κ2) is 7.53. The van der Waals surface area contributed by atoms with Crippen LogP contribution in [0.4, 0.5) is 5.69 Å². The van der Waals surface area contributed by atoms with Crippen LogP contribution in [0.1, 0.15) is 35.4 Å². The molecule has 0 radical (unpaired) electrons. The van der Waals surface area contributed by atoms with Gasteiger partial charge in [0.15, 0.2) is 0 Å². The van der Waals surface area contributed by atoms with Crippen LogP contribution in [0.25, 0.3) is 0 Å². The van der Waals surface area contributed by atoms with Gasteiger partial charge in [0.2, 0.25) is 6.23 Å². The molecule has 0 fully saturated rings. The van der Waals surface area contributed by atoms with Gasteiger partial charge in [-0.25, -0.2) is 5.01 Å². The molecular weight excluding hydrogens is 417 g/mol. The average molecular weight is 438 g/mol. The molecule has 3 aromatic rings. The lowest BCUT2D eigenvalue weighted by atomic mass is 9.96. The first kappa shape index (κ1) is 19.3. The van der Waals surface area contributed by atoms with Gasteiger partial charge in [-0.05, 0) is 29.8 Å². The van der Waals surface area contributed by atoms with E-state index in [1.807, 2.05) is 43.4 Å². The van der Waals surface area contributed by atoms with Crippen molar-refractivity contribution in [3.8, 4) is 5.75 Å². The van der Waals surface area contributed by atoms with E-state index in [0.717, 1.165) is 34.5 Å². The second-order valence-corrected chi connectivity index (χ2v) is 8.62. The third-order valence-electron chi connectivity index (χ3n) is 5.61. The first-order chi connectivity index (χ1) is 14.5. The highest BCUT2D eigenvalue weighted by Crippen LogP contribution is 2.50. The Morgan fingerprint density at radius 1 is 1.00 bits per heavy atom. The number of anilines is 1. The number of benzene rings is 3. The van der Waals surface area contributed by atoms with E-state index >= 15 is 0 Å². The normalized spacial score (nSPS) is 19.6. The number of rotatable bonds is 3. The smallest absolute Gasteiger partial charge is 0.213 e. The fourth-order valence-electron chi connectivity index (χ4n) is 4.08. The van der Waals surface area contributed by atoms with Crippen molar-refractivity contribution in [1.29, 1.82) is 0 Å². The van der Waals surface area contributed by atoms with Gasteiger partial charge in [-0.3, -0.25) is 0 Å². The molecule has 6 heteroatoms. The van der Waals surface area contributed by atoms with Crippen LogP contribution in [-0.2, 0) is 0 Å². The molecule has 0 saturated heterocycles. The molecule has 2 aliphatic rings. The van der Waals surface area contributed by atoms with E-state index in [9.17, 15) is 0 Å². The van der Waals surface area contributed by atoms with Crippen LogP contribution in [0.5, 0.6) is 5.75 Å². The minimum Gasteiger partial charge on any atom is -0.463 e. The van der Waals surface area contributed by atoms with Gasteiger partial charge < -0.3 is 9.64 Å². The lowest BCUT2D eigenvalue weighted by molar-refractivity contribution is -0.0189. The summed E-state index contributed by atoms with van der Waals surface area (Å²) in [5, 5.41) is 8.16. The summed E-state index contributed by atoms with van der Waals surface area (Å²) >= 11 is 12.9. The van der Waals surface area contributed by atoms with E-state index in [-0.39, 0.29) is 12.3 Å². The summed E-state index contributed by atoms with van der Waals surface area (Å²) in [6.45, 7) is 0. The fraction of sp³-hybridized carbons (Fsp3) is 0.208. The van der Waals surface area contributed by atoms with E-state index in [1.165, 1.54) is 0 Å². The standard InChI is InChI=1S/C24H21Cl2N3O/c1-28(2)18-10-8-16(9-11-18)24-29-22(14-21(27-29)15-6-4-3-5-7-15)19-12-17(25)13-20(26)23(19)30-24/h3-13,22,24H,14H2,1-2H3/t22-,24-/m0/s1. The van der Waals surface area contributed by atoms with Gasteiger partial charge in [-0.2, -0.15) is 5.10 Å². The molecule has 152 valence electrons. The molecule has 0 bridgehead atoms. The minimum absolute atomic E-state index is 0.0127. The molecule has 3 aromatic carbocycles. The van der Waals surface area contributed by atoms with Crippen molar-refractivity contribution in [3.05, 3.63) is 93.5 Å². The molecule has 5 rings (SSSR count). The third-order valence-corrected chi connectivity index (χ3v) is 6.11. The fourth-order valence-corrected chi connectivity index (χ4v) is 4.63. The molecule has 0 N–H and O–H groups in total. The lowest BCUT2D eigenvalue weighted by Gasteiger charge is -2.38. The topological polar surface area (TPSA) is 28.1 Å². The summed E-state index contributed by atoms with van der Waals surface area (Å²) in [6.07, 6.45) is 0.405. The predicted octanol–water partition coefficient (Wildman–Crippen LogP) is 6.30. The summed E-state index contributed by atoms with van der Waals surface area (Å²) in [6, 6.07) is 22.3. The van der Waals surface area contributed by atoms with E-state index in [0.29, 0.717) is 15.8 Å². The van der Waals surface area contributed by atoms with Gasteiger partial charge in [0.05, 0.1) is 16.8 Å². The van der Waals surface area contributed by atoms with Crippen LogP contribution >= 0.6 is 23.2 Å². The summed E-state index contributed by atoms with van der Waals surface area (Å²) in [5.41, 5.74) is 5.28. The molecule has 0 amide bonds. The van der Waals surface area contributed by atoms with Crippen LogP contribution in [0, 0.1) is 0 Å². The van der Waals surface area contributed by atoms with Gasteiger partial charge in [0, 0.05) is 42.4 Å². The Morgan fingerprint density at radius 2 is 1.73 bits per heavy atom. The van der Waals surface area contributed by atoms with Crippen LogP contribution < -0.4 is 9.64 Å². The minimum atomic E-state index is -0.362. The van der Waals surface area contributed by atoms with Crippen LogP contribution in [0.2, 0.25) is 10.0 Å². The molecule has 0 unspecified atom stereocenters. The van der Waals surface area contributed by atoms with Gasteiger partial charge >= 0.3 is 0 Å². The SMILES string of the molecule is CN(C)c1ccc([C@@H]2Oc3c(Cl)cc(Cl)cc3[C@@H]3CC(c4ccccc4)=NN32)cc1. The molecule has 2 aliphatic heterocycles. The summed E-state index contributed by atoms with van der Waals surface area (Å²) in [5.74, 6) is 0.688. The number of ether oxygens (including phenoxy) is 1. The highest BCUT2D eigenvalue weighted by atomic mass is 35.5. The maximum Gasteiger partial charge on any atom is 0.213 e. The van der Waals surface area contributed by atoms with Crippen molar-refractivity contribution in [2.45, 2.75) is 18.7 Å². The molecule has 2 atom stereocenters. The van der Waals surface area contributed by atoms with E-state index < -0.39 is 0 Å². The molecule has 30 heavy (non-hydrogen) atoms. The van der Waals surface area contributed by atoms with Crippen molar-refractivity contribution < 1.29 is 4.74 Å². The zero-order chi connectivity index (χ0) is 20.8. The summed E-state index contributed by atoms with van der Waals surface area (Å²) < 4.78 is 6.42. The van der Waals surface area contributed by atoms with Gasteiger partial charge in [-0.15, -0.1) is 0 Å². The van der Waals surface area contributed by atoms with Gasteiger partial charge in [0.1, 0.15) is 5.75 Å². The Hall–Kier alpha value is -2.69. The summed E-state index contributed by atoms with van der Waals surface area (Å²) in [7, 11) is 4.05. The molecule has 0 aliphatic carbocycles. The number of halogens is 2. The Morgan fingerprint density at radius 3 is 2.43 bits per heavy atom. The predicted molar refractivity (Wildman–Crippen MR) is 123 cm³/mol. The van der Waals surface area contributed by atoms with Crippen molar-refractivity contribution >= 4 is 34.6 Å². The highest BCUT2D eigenvalue weighted by molar-refractivity contribution is 6.35. The number of nitrogens with zero attached hydrogens (tertiary/aromatic N) is 3. The maximum absolute atomic E-state index is 6.54. The van der Waals surface area contributed by atoms with E-state index in [1.54, 1.807) is 6.07 Å². The van der Waals surface area contributed by atoms with Crippen molar-refractivity contribution in [1.82, 2.24) is 5.01 Å².